The number of hydrogen-bond acceptors (Lipinski definition) is 5. The van der Waals surface area contributed by atoms with Gasteiger partial charge in [0.25, 0.3) is 0 Å². The lowest BCUT2D eigenvalue weighted by Gasteiger charge is -2.17. The summed E-state index contributed by atoms with van der Waals surface area (Å²) in [7, 11) is 0. The van der Waals surface area contributed by atoms with E-state index in [1.807, 2.05) is 26.0 Å². The van der Waals surface area contributed by atoms with Crippen molar-refractivity contribution in [2.45, 2.75) is 73.3 Å². The minimum Gasteiger partial charge on any atom is -0.489 e. The van der Waals surface area contributed by atoms with Crippen LogP contribution in [-0.2, 0) is 0 Å². The summed E-state index contributed by atoms with van der Waals surface area (Å²) in [4.78, 5) is 12.6. The molecule has 2 rings (SSSR count). The van der Waals surface area contributed by atoms with Gasteiger partial charge in [0.05, 0.1) is 12.7 Å². The molecule has 5 heteroatoms. The van der Waals surface area contributed by atoms with E-state index in [1.165, 1.54) is 11.1 Å². The highest BCUT2D eigenvalue weighted by molar-refractivity contribution is 5.91. The molecule has 0 bridgehead atoms. The number of ether oxygens (including phenoxy) is 3. The van der Waals surface area contributed by atoms with Gasteiger partial charge in [-0.25, -0.2) is 4.79 Å². The molecule has 0 aliphatic heterocycles. The molecular formula is C28H38O5. The van der Waals surface area contributed by atoms with Gasteiger partial charge >= 0.3 is 5.63 Å². The first-order valence-electron chi connectivity index (χ1n) is 11.8. The second-order valence-electron chi connectivity index (χ2n) is 8.54. The highest BCUT2D eigenvalue weighted by atomic mass is 16.5. The maximum Gasteiger partial charge on any atom is 0.383 e. The van der Waals surface area contributed by atoms with Crippen LogP contribution in [-0.4, -0.2) is 19.3 Å². The molecule has 0 unspecified atom stereocenters. The third-order valence-corrected chi connectivity index (χ3v) is 4.86. The molecule has 1 heterocycles. The average molecular weight is 455 g/mol. The Morgan fingerprint density at radius 2 is 1.82 bits per heavy atom. The van der Waals surface area contributed by atoms with E-state index in [0.29, 0.717) is 35.7 Å². The number of allylic oxidation sites excluding steroid dienone is 4. The van der Waals surface area contributed by atoms with Gasteiger partial charge in [-0.15, -0.1) is 0 Å². The molecule has 0 N–H and O–H groups in total. The minimum absolute atomic E-state index is 0.0847. The first-order chi connectivity index (χ1) is 15.8. The molecule has 2 aromatic rings. The van der Waals surface area contributed by atoms with Crippen molar-refractivity contribution in [2.75, 3.05) is 13.2 Å². The molecule has 1 aromatic carbocycles. The predicted molar refractivity (Wildman–Crippen MR) is 136 cm³/mol. The Bertz CT molecular complexity index is 1040. The zero-order valence-electron chi connectivity index (χ0n) is 20.9. The first-order valence-corrected chi connectivity index (χ1v) is 11.8. The molecule has 0 fully saturated rings. The third kappa shape index (κ3) is 8.49. The van der Waals surface area contributed by atoms with Crippen molar-refractivity contribution in [1.82, 2.24) is 0 Å². The van der Waals surface area contributed by atoms with Gasteiger partial charge in [0.1, 0.15) is 23.3 Å². The van der Waals surface area contributed by atoms with Crippen LogP contribution in [0.25, 0.3) is 11.0 Å². The Morgan fingerprint density at radius 3 is 2.52 bits per heavy atom. The summed E-state index contributed by atoms with van der Waals surface area (Å²) in [5.74, 6) is 1.05. The van der Waals surface area contributed by atoms with E-state index in [2.05, 4.69) is 52.0 Å². The van der Waals surface area contributed by atoms with Crippen molar-refractivity contribution in [3.63, 3.8) is 0 Å². The van der Waals surface area contributed by atoms with Crippen LogP contribution in [0.3, 0.4) is 0 Å². The molecular weight excluding hydrogens is 416 g/mol. The molecule has 180 valence electrons. The fourth-order valence-electron chi connectivity index (χ4n) is 3.25. The second-order valence-corrected chi connectivity index (χ2v) is 8.54. The fraction of sp³-hybridized carbons (Fsp3) is 0.464. The van der Waals surface area contributed by atoms with Crippen molar-refractivity contribution in [3.8, 4) is 17.2 Å². The van der Waals surface area contributed by atoms with Crippen molar-refractivity contribution in [1.29, 1.82) is 0 Å². The van der Waals surface area contributed by atoms with Gasteiger partial charge in [0.15, 0.2) is 5.75 Å². The normalized spacial score (nSPS) is 11.9. The van der Waals surface area contributed by atoms with Crippen molar-refractivity contribution < 1.29 is 18.6 Å². The third-order valence-electron chi connectivity index (χ3n) is 4.86. The smallest absolute Gasteiger partial charge is 0.383 e. The van der Waals surface area contributed by atoms with Gasteiger partial charge in [0.2, 0.25) is 5.75 Å². The summed E-state index contributed by atoms with van der Waals surface area (Å²) >= 11 is 0. The number of fused-ring (bicyclic) bond motifs is 1. The van der Waals surface area contributed by atoms with Gasteiger partial charge < -0.3 is 18.6 Å². The molecule has 33 heavy (non-hydrogen) atoms. The minimum atomic E-state index is -0.553. The van der Waals surface area contributed by atoms with Gasteiger partial charge in [-0.3, -0.25) is 0 Å². The maximum atomic E-state index is 12.6. The Labute approximate surface area is 197 Å². The highest BCUT2D eigenvalue weighted by Crippen LogP contribution is 2.39. The molecule has 1 aromatic heterocycles. The lowest BCUT2D eigenvalue weighted by atomic mass is 10.1. The summed E-state index contributed by atoms with van der Waals surface area (Å²) in [5, 5.41) is 0.614. The zero-order valence-corrected chi connectivity index (χ0v) is 20.9. The number of benzene rings is 1. The predicted octanol–water partition coefficient (Wildman–Crippen LogP) is 7.39. The largest absolute Gasteiger partial charge is 0.489 e. The monoisotopic (exact) mass is 454 g/mol. The molecule has 0 spiro atoms. The van der Waals surface area contributed by atoms with Gasteiger partial charge in [-0.1, -0.05) is 42.4 Å². The fourth-order valence-corrected chi connectivity index (χ4v) is 3.25. The maximum absolute atomic E-state index is 12.6. The molecule has 0 saturated carbocycles. The molecule has 0 aliphatic rings. The van der Waals surface area contributed by atoms with Gasteiger partial charge in [-0.05, 0) is 78.5 Å². The van der Waals surface area contributed by atoms with E-state index >= 15 is 0 Å². The van der Waals surface area contributed by atoms with Crippen molar-refractivity contribution in [3.05, 3.63) is 64.1 Å². The number of rotatable bonds is 13. The standard InChI is InChI=1S/C28H38O5/c1-7-8-9-10-18-31-26-25-23(30-19-17-22(6)14-11-13-20(2)3)15-12-16-24(25)33-28(29)27(26)32-21(4)5/h8-9,12-13,15-17,21H,7,10-11,14,18-19H2,1-6H3. The van der Waals surface area contributed by atoms with E-state index in [-0.39, 0.29) is 11.9 Å². The topological polar surface area (TPSA) is 57.9 Å². The molecule has 5 nitrogen and oxygen atoms in total. The van der Waals surface area contributed by atoms with E-state index in [4.69, 9.17) is 18.6 Å². The summed E-state index contributed by atoms with van der Waals surface area (Å²) in [6, 6.07) is 5.41. The van der Waals surface area contributed by atoms with Crippen molar-refractivity contribution in [2.24, 2.45) is 0 Å². The lowest BCUT2D eigenvalue weighted by Crippen LogP contribution is -2.15. The Morgan fingerprint density at radius 1 is 1.03 bits per heavy atom. The second kappa shape index (κ2) is 13.6. The van der Waals surface area contributed by atoms with E-state index in [0.717, 1.165) is 25.7 Å². The van der Waals surface area contributed by atoms with Crippen LogP contribution in [0.15, 0.2) is 62.9 Å². The molecule has 0 saturated heterocycles. The lowest BCUT2D eigenvalue weighted by molar-refractivity contribution is 0.212. The van der Waals surface area contributed by atoms with Gasteiger partial charge in [0, 0.05) is 0 Å². The summed E-state index contributed by atoms with van der Waals surface area (Å²) in [6.45, 7) is 13.0. The SMILES string of the molecule is CCC=CCCOc1c(OC(C)C)c(=O)oc2cccc(OCC=C(C)CCC=C(C)C)c12. The Hall–Kier alpha value is -2.95. The van der Waals surface area contributed by atoms with Crippen LogP contribution in [0.2, 0.25) is 0 Å². The molecule has 0 amide bonds. The van der Waals surface area contributed by atoms with Crippen LogP contribution in [0.5, 0.6) is 17.2 Å². The summed E-state index contributed by atoms with van der Waals surface area (Å²) in [5.41, 5.74) is 2.45. The molecule has 0 radical (unpaired) electrons. The highest BCUT2D eigenvalue weighted by Gasteiger charge is 2.22. The zero-order chi connectivity index (χ0) is 24.2. The summed E-state index contributed by atoms with van der Waals surface area (Å²) in [6.07, 6.45) is 12.0. The first kappa shape index (κ1) is 26.3. The van der Waals surface area contributed by atoms with Crippen LogP contribution in [0, 0.1) is 0 Å². The van der Waals surface area contributed by atoms with Crippen LogP contribution in [0.1, 0.15) is 67.2 Å². The van der Waals surface area contributed by atoms with E-state index < -0.39 is 5.63 Å². The Balaban J connectivity index is 2.34. The quantitative estimate of drug-likeness (QED) is 0.179. The number of hydrogen-bond donors (Lipinski definition) is 0. The molecule has 0 aliphatic carbocycles. The van der Waals surface area contributed by atoms with Crippen LogP contribution in [0.4, 0.5) is 0 Å². The van der Waals surface area contributed by atoms with Crippen molar-refractivity contribution >= 4 is 11.0 Å². The van der Waals surface area contributed by atoms with Crippen LogP contribution < -0.4 is 19.8 Å². The summed E-state index contributed by atoms with van der Waals surface area (Å²) < 4.78 is 23.5. The van der Waals surface area contributed by atoms with E-state index in [9.17, 15) is 4.79 Å². The molecule has 0 atom stereocenters. The average Bonchev–Trinajstić information content (AvgIpc) is 2.75. The van der Waals surface area contributed by atoms with Crippen LogP contribution >= 0.6 is 0 Å². The van der Waals surface area contributed by atoms with Gasteiger partial charge in [-0.2, -0.15) is 0 Å². The van der Waals surface area contributed by atoms with E-state index in [1.54, 1.807) is 6.07 Å². The Kier molecular flexibility index (Phi) is 10.8.